The van der Waals surface area contributed by atoms with E-state index in [4.69, 9.17) is 0 Å². The number of alkyl halides is 3. The Kier molecular flexibility index (Phi) is 5.70. The number of aromatic hydroxyl groups is 1. The molecule has 0 radical (unpaired) electrons. The van der Waals surface area contributed by atoms with Gasteiger partial charge in [-0.2, -0.15) is 18.3 Å². The summed E-state index contributed by atoms with van der Waals surface area (Å²) in [5.41, 5.74) is 0.169. The van der Waals surface area contributed by atoms with E-state index in [2.05, 4.69) is 10.5 Å². The van der Waals surface area contributed by atoms with Crippen LogP contribution in [0.1, 0.15) is 21.5 Å². The number of nitrogens with one attached hydrogen (secondary N) is 1. The molecule has 0 saturated heterocycles. The van der Waals surface area contributed by atoms with Crippen LogP contribution in [0, 0.1) is 0 Å². The number of carbonyl (C=O) groups is 1. The second kappa shape index (κ2) is 8.62. The zero-order valence-corrected chi connectivity index (χ0v) is 16.9. The number of benzene rings is 3. The Morgan fingerprint density at radius 2 is 1.52 bits per heavy atom. The summed E-state index contributed by atoms with van der Waals surface area (Å²) in [5, 5.41) is 15.1. The van der Waals surface area contributed by atoms with Crippen molar-refractivity contribution in [1.29, 1.82) is 0 Å². The first-order valence-electron chi connectivity index (χ1n) is 9.71. The standard InChI is InChI=1S/C24H16F3N3O3/c25-24(26,27)19-12-6-7-13-20(19)30-22(32)17-11-5-4-10-16(17)18(23(30)33)14-28-29-21(31)15-8-2-1-3-9-15/h1-14,33H,(H,29,31). The number of halogens is 3. The molecular weight excluding hydrogens is 435 g/mol. The van der Waals surface area contributed by atoms with Crippen molar-refractivity contribution in [2.45, 2.75) is 6.18 Å². The number of nitrogens with zero attached hydrogens (tertiary/aromatic N) is 2. The van der Waals surface area contributed by atoms with Gasteiger partial charge in [0, 0.05) is 16.3 Å². The van der Waals surface area contributed by atoms with Gasteiger partial charge in [-0.1, -0.05) is 48.5 Å². The molecule has 2 N–H and O–H groups in total. The molecule has 4 rings (SSSR count). The summed E-state index contributed by atoms with van der Waals surface area (Å²) in [7, 11) is 0. The first-order chi connectivity index (χ1) is 15.8. The van der Waals surface area contributed by atoms with Crippen LogP contribution in [0.25, 0.3) is 16.5 Å². The van der Waals surface area contributed by atoms with Gasteiger partial charge < -0.3 is 5.11 Å². The van der Waals surface area contributed by atoms with Gasteiger partial charge in [-0.3, -0.25) is 9.59 Å². The van der Waals surface area contributed by atoms with Gasteiger partial charge in [-0.15, -0.1) is 0 Å². The maximum atomic E-state index is 13.6. The molecule has 33 heavy (non-hydrogen) atoms. The first kappa shape index (κ1) is 21.8. The van der Waals surface area contributed by atoms with Gasteiger partial charge in [0.2, 0.25) is 5.88 Å². The second-order valence-electron chi connectivity index (χ2n) is 7.00. The summed E-state index contributed by atoms with van der Waals surface area (Å²) in [6.45, 7) is 0. The van der Waals surface area contributed by atoms with Crippen molar-refractivity contribution in [3.8, 4) is 11.6 Å². The van der Waals surface area contributed by atoms with Crippen molar-refractivity contribution >= 4 is 22.9 Å². The zero-order valence-electron chi connectivity index (χ0n) is 16.9. The molecule has 9 heteroatoms. The van der Waals surface area contributed by atoms with Crippen molar-refractivity contribution in [3.05, 3.63) is 106 Å². The fraction of sp³-hybridized carbons (Fsp3) is 0.0417. The summed E-state index contributed by atoms with van der Waals surface area (Å²) < 4.78 is 41.4. The summed E-state index contributed by atoms with van der Waals surface area (Å²) in [6, 6.07) is 18.8. The number of fused-ring (bicyclic) bond motifs is 1. The van der Waals surface area contributed by atoms with Crippen molar-refractivity contribution in [2.75, 3.05) is 0 Å². The third kappa shape index (κ3) is 4.20. The van der Waals surface area contributed by atoms with Crippen LogP contribution in [0.15, 0.2) is 88.8 Å². The topological polar surface area (TPSA) is 83.7 Å². The van der Waals surface area contributed by atoms with Gasteiger partial charge in [0.1, 0.15) is 0 Å². The van der Waals surface area contributed by atoms with Crippen molar-refractivity contribution < 1.29 is 23.1 Å². The third-order valence-electron chi connectivity index (χ3n) is 4.95. The lowest BCUT2D eigenvalue weighted by Crippen LogP contribution is -2.23. The molecule has 0 atom stereocenters. The Balaban J connectivity index is 1.87. The normalized spacial score (nSPS) is 11.7. The van der Waals surface area contributed by atoms with E-state index < -0.39 is 34.8 Å². The molecule has 0 aliphatic carbocycles. The molecule has 4 aromatic rings. The molecular formula is C24H16F3N3O3. The molecule has 0 unspecified atom stereocenters. The fourth-order valence-corrected chi connectivity index (χ4v) is 3.43. The average molecular weight is 451 g/mol. The minimum absolute atomic E-state index is 0.0319. The number of carbonyl (C=O) groups excluding carboxylic acids is 1. The number of hydrogen-bond donors (Lipinski definition) is 2. The van der Waals surface area contributed by atoms with E-state index in [-0.39, 0.29) is 16.3 Å². The molecule has 1 aromatic heterocycles. The number of aromatic nitrogens is 1. The molecule has 166 valence electrons. The van der Waals surface area contributed by atoms with Crippen LogP contribution in [0.4, 0.5) is 13.2 Å². The Hall–Kier alpha value is -4.40. The molecule has 0 fully saturated rings. The first-order valence-corrected chi connectivity index (χ1v) is 9.71. The monoisotopic (exact) mass is 451 g/mol. The Labute approximate surface area is 185 Å². The van der Waals surface area contributed by atoms with Crippen LogP contribution in [0.3, 0.4) is 0 Å². The highest BCUT2D eigenvalue weighted by atomic mass is 19.4. The minimum Gasteiger partial charge on any atom is -0.494 e. The van der Waals surface area contributed by atoms with E-state index in [0.29, 0.717) is 10.1 Å². The van der Waals surface area contributed by atoms with Gasteiger partial charge in [0.25, 0.3) is 11.5 Å². The predicted octanol–water partition coefficient (Wildman–Crippen LogP) is 4.48. The van der Waals surface area contributed by atoms with Crippen LogP contribution in [-0.2, 0) is 6.18 Å². The Morgan fingerprint density at radius 3 is 2.21 bits per heavy atom. The van der Waals surface area contributed by atoms with Crippen LogP contribution < -0.4 is 11.0 Å². The number of para-hydroxylation sites is 1. The lowest BCUT2D eigenvalue weighted by Gasteiger charge is -2.18. The summed E-state index contributed by atoms with van der Waals surface area (Å²) in [6.07, 6.45) is -3.67. The van der Waals surface area contributed by atoms with Crippen molar-refractivity contribution in [2.24, 2.45) is 5.10 Å². The maximum Gasteiger partial charge on any atom is 0.418 e. The highest BCUT2D eigenvalue weighted by Crippen LogP contribution is 2.35. The second-order valence-corrected chi connectivity index (χ2v) is 7.00. The fourth-order valence-electron chi connectivity index (χ4n) is 3.43. The van der Waals surface area contributed by atoms with Gasteiger partial charge in [-0.05, 0) is 30.3 Å². The number of hydrogen-bond acceptors (Lipinski definition) is 4. The molecule has 0 aliphatic rings. The molecule has 6 nitrogen and oxygen atoms in total. The SMILES string of the molecule is O=C(NN=Cc1c(O)n(-c2ccccc2C(F)(F)F)c(=O)c2ccccc12)c1ccccc1. The van der Waals surface area contributed by atoms with Crippen LogP contribution in [0.2, 0.25) is 0 Å². The lowest BCUT2D eigenvalue weighted by molar-refractivity contribution is -0.137. The molecule has 0 saturated carbocycles. The highest BCUT2D eigenvalue weighted by molar-refractivity contribution is 6.02. The molecule has 0 spiro atoms. The van der Waals surface area contributed by atoms with E-state index in [0.717, 1.165) is 18.3 Å². The van der Waals surface area contributed by atoms with Gasteiger partial charge >= 0.3 is 6.18 Å². The van der Waals surface area contributed by atoms with E-state index in [1.165, 1.54) is 24.3 Å². The predicted molar refractivity (Wildman–Crippen MR) is 118 cm³/mol. The van der Waals surface area contributed by atoms with E-state index in [1.807, 2.05) is 0 Å². The highest BCUT2D eigenvalue weighted by Gasteiger charge is 2.34. The van der Waals surface area contributed by atoms with Crippen LogP contribution in [-0.4, -0.2) is 21.8 Å². The summed E-state index contributed by atoms with van der Waals surface area (Å²) >= 11 is 0. The number of hydrazone groups is 1. The number of amides is 1. The molecule has 1 heterocycles. The van der Waals surface area contributed by atoms with E-state index in [9.17, 15) is 27.9 Å². The average Bonchev–Trinajstić information content (AvgIpc) is 2.81. The van der Waals surface area contributed by atoms with Crippen LogP contribution in [0.5, 0.6) is 5.88 Å². The van der Waals surface area contributed by atoms with E-state index in [1.54, 1.807) is 42.5 Å². The molecule has 0 aliphatic heterocycles. The molecule has 0 bridgehead atoms. The summed E-state index contributed by atoms with van der Waals surface area (Å²) in [4.78, 5) is 25.3. The van der Waals surface area contributed by atoms with Crippen molar-refractivity contribution in [1.82, 2.24) is 9.99 Å². The van der Waals surface area contributed by atoms with Gasteiger partial charge in [0.05, 0.1) is 23.0 Å². The quantitative estimate of drug-likeness (QED) is 0.355. The largest absolute Gasteiger partial charge is 0.494 e. The summed E-state index contributed by atoms with van der Waals surface area (Å²) in [5.74, 6) is -1.26. The smallest absolute Gasteiger partial charge is 0.418 e. The Bertz CT molecular complexity index is 1430. The lowest BCUT2D eigenvalue weighted by atomic mass is 10.1. The van der Waals surface area contributed by atoms with Crippen LogP contribution >= 0.6 is 0 Å². The van der Waals surface area contributed by atoms with Gasteiger partial charge in [-0.25, -0.2) is 9.99 Å². The molecule has 1 amide bonds. The van der Waals surface area contributed by atoms with Crippen molar-refractivity contribution in [3.63, 3.8) is 0 Å². The number of pyridine rings is 1. The number of rotatable bonds is 4. The Morgan fingerprint density at radius 1 is 0.909 bits per heavy atom. The zero-order chi connectivity index (χ0) is 23.6. The van der Waals surface area contributed by atoms with E-state index >= 15 is 0 Å². The minimum atomic E-state index is -4.76. The molecule has 3 aromatic carbocycles. The third-order valence-corrected chi connectivity index (χ3v) is 4.95. The maximum absolute atomic E-state index is 13.6. The van der Waals surface area contributed by atoms with Gasteiger partial charge in [0.15, 0.2) is 0 Å².